The van der Waals surface area contributed by atoms with Gasteiger partial charge in [-0.05, 0) is 83.5 Å². The van der Waals surface area contributed by atoms with Gasteiger partial charge in [-0.25, -0.2) is 0 Å². The maximum atomic E-state index is 12.7. The second-order valence-electron chi connectivity index (χ2n) is 16.7. The van der Waals surface area contributed by atoms with E-state index in [0.29, 0.717) is 19.3 Å². The summed E-state index contributed by atoms with van der Waals surface area (Å²) in [7, 11) is 0. The molecule has 1 unspecified atom stereocenters. The van der Waals surface area contributed by atoms with E-state index in [0.717, 1.165) is 103 Å². The van der Waals surface area contributed by atoms with Crippen molar-refractivity contribution in [1.82, 2.24) is 0 Å². The lowest BCUT2D eigenvalue weighted by atomic mass is 10.1. The van der Waals surface area contributed by atoms with Crippen LogP contribution in [0.25, 0.3) is 0 Å². The van der Waals surface area contributed by atoms with Gasteiger partial charge in [0.2, 0.25) is 0 Å². The molecule has 0 aliphatic heterocycles. The van der Waals surface area contributed by atoms with E-state index in [1.165, 1.54) is 103 Å². The molecule has 0 saturated carbocycles. The number of hydrogen-bond donors (Lipinski definition) is 0. The van der Waals surface area contributed by atoms with E-state index in [2.05, 4.69) is 81.5 Å². The summed E-state index contributed by atoms with van der Waals surface area (Å²) in [5.74, 6) is -0.904. The van der Waals surface area contributed by atoms with E-state index >= 15 is 0 Å². The Hall–Kier alpha value is -2.89. The quantitative estimate of drug-likeness (QED) is 0.0263. The van der Waals surface area contributed by atoms with Gasteiger partial charge in [-0.2, -0.15) is 0 Å². The maximum absolute atomic E-state index is 12.7. The molecular weight excluding hydrogens is 745 g/mol. The topological polar surface area (TPSA) is 78.9 Å². The molecule has 0 amide bonds. The summed E-state index contributed by atoms with van der Waals surface area (Å²) in [5.41, 5.74) is 0. The number of unbranched alkanes of at least 4 members (excludes halogenated alkanes) is 24. The first kappa shape index (κ1) is 57.1. The molecule has 0 bridgehead atoms. The van der Waals surface area contributed by atoms with Crippen molar-refractivity contribution >= 4 is 17.9 Å². The average molecular weight is 839 g/mol. The number of carbonyl (C=O) groups is 3. The molecule has 0 aromatic heterocycles. The Balaban J connectivity index is 4.22. The van der Waals surface area contributed by atoms with Gasteiger partial charge in [0.15, 0.2) is 6.10 Å². The van der Waals surface area contributed by atoms with Crippen molar-refractivity contribution in [2.75, 3.05) is 13.2 Å². The summed E-state index contributed by atoms with van der Waals surface area (Å²) in [6.45, 7) is 6.45. The minimum atomic E-state index is -0.777. The van der Waals surface area contributed by atoms with Gasteiger partial charge in [-0.15, -0.1) is 0 Å². The van der Waals surface area contributed by atoms with Crippen LogP contribution in [-0.2, 0) is 28.6 Å². The van der Waals surface area contributed by atoms with E-state index < -0.39 is 6.10 Å². The Morgan fingerprint density at radius 2 is 0.650 bits per heavy atom. The molecule has 0 heterocycles. The summed E-state index contributed by atoms with van der Waals surface area (Å²) in [4.78, 5) is 37.7. The average Bonchev–Trinajstić information content (AvgIpc) is 3.24. The molecule has 60 heavy (non-hydrogen) atoms. The first-order valence-corrected chi connectivity index (χ1v) is 25.3. The van der Waals surface area contributed by atoms with Crippen molar-refractivity contribution in [1.29, 1.82) is 0 Å². The third-order valence-electron chi connectivity index (χ3n) is 10.8. The smallest absolute Gasteiger partial charge is 0.306 e. The molecule has 1 atom stereocenters. The van der Waals surface area contributed by atoms with Gasteiger partial charge in [0.05, 0.1) is 0 Å². The predicted molar refractivity (Wildman–Crippen MR) is 256 cm³/mol. The van der Waals surface area contributed by atoms with Gasteiger partial charge in [0.1, 0.15) is 13.2 Å². The Morgan fingerprint density at radius 3 is 1.03 bits per heavy atom. The van der Waals surface area contributed by atoms with Crippen LogP contribution in [-0.4, -0.2) is 37.2 Å². The fourth-order valence-electron chi connectivity index (χ4n) is 6.96. The van der Waals surface area contributed by atoms with Crippen LogP contribution >= 0.6 is 0 Å². The van der Waals surface area contributed by atoms with Crippen LogP contribution in [0.5, 0.6) is 0 Å². The highest BCUT2D eigenvalue weighted by molar-refractivity contribution is 5.71. The number of hydrogen-bond acceptors (Lipinski definition) is 6. The molecule has 0 radical (unpaired) electrons. The predicted octanol–water partition coefficient (Wildman–Crippen LogP) is 16.5. The fraction of sp³-hybridized carbons (Fsp3) is 0.759. The number of esters is 3. The lowest BCUT2D eigenvalue weighted by Gasteiger charge is -2.18. The summed E-state index contributed by atoms with van der Waals surface area (Å²) in [6, 6.07) is 0. The first-order valence-electron chi connectivity index (χ1n) is 25.3. The van der Waals surface area contributed by atoms with Crippen molar-refractivity contribution in [2.24, 2.45) is 0 Å². The van der Waals surface area contributed by atoms with Gasteiger partial charge in [-0.1, -0.05) is 204 Å². The van der Waals surface area contributed by atoms with Gasteiger partial charge in [0.25, 0.3) is 0 Å². The van der Waals surface area contributed by atoms with Gasteiger partial charge < -0.3 is 14.2 Å². The Labute approximate surface area is 370 Å². The van der Waals surface area contributed by atoms with Crippen LogP contribution in [0.15, 0.2) is 60.8 Å². The van der Waals surface area contributed by atoms with Crippen LogP contribution in [0, 0.1) is 0 Å². The Kier molecular flexibility index (Phi) is 46.4. The van der Waals surface area contributed by atoms with Crippen LogP contribution < -0.4 is 0 Å². The summed E-state index contributed by atoms with van der Waals surface area (Å²) >= 11 is 0. The lowest BCUT2D eigenvalue weighted by Crippen LogP contribution is -2.30. The van der Waals surface area contributed by atoms with Crippen LogP contribution in [0.1, 0.15) is 245 Å². The monoisotopic (exact) mass is 839 g/mol. The zero-order valence-corrected chi connectivity index (χ0v) is 39.5. The molecule has 0 saturated heterocycles. The minimum absolute atomic E-state index is 0.0799. The molecule has 0 aliphatic rings. The molecule has 346 valence electrons. The zero-order chi connectivity index (χ0) is 43.7. The highest BCUT2D eigenvalue weighted by Crippen LogP contribution is 2.14. The normalized spacial score (nSPS) is 12.5. The van der Waals surface area contributed by atoms with Crippen molar-refractivity contribution in [3.8, 4) is 0 Å². The van der Waals surface area contributed by atoms with Crippen molar-refractivity contribution in [3.63, 3.8) is 0 Å². The first-order chi connectivity index (χ1) is 29.5. The second-order valence-corrected chi connectivity index (χ2v) is 16.7. The molecule has 6 heteroatoms. The molecular formula is C54H94O6. The van der Waals surface area contributed by atoms with Gasteiger partial charge in [0, 0.05) is 19.3 Å². The molecule has 0 N–H and O–H groups in total. The van der Waals surface area contributed by atoms with Crippen molar-refractivity contribution < 1.29 is 28.6 Å². The molecule has 0 spiro atoms. The van der Waals surface area contributed by atoms with Gasteiger partial charge in [-0.3, -0.25) is 14.4 Å². The third kappa shape index (κ3) is 46.2. The van der Waals surface area contributed by atoms with Crippen molar-refractivity contribution in [3.05, 3.63) is 60.8 Å². The third-order valence-corrected chi connectivity index (χ3v) is 10.8. The number of allylic oxidation sites excluding steroid dienone is 10. The SMILES string of the molecule is CC/C=C\C/C=C\C/C=C\C/C=C\CCCCCCCCCCC(=O)OCC(COC(=O)CCCCCCCC)OC(=O)CCCCCCC/C=C\CCCCCCCC. The summed E-state index contributed by atoms with van der Waals surface area (Å²) in [6.07, 6.45) is 59.4. The highest BCUT2D eigenvalue weighted by Gasteiger charge is 2.19. The molecule has 0 aromatic rings. The van der Waals surface area contributed by atoms with Crippen LogP contribution in [0.4, 0.5) is 0 Å². The Morgan fingerprint density at radius 1 is 0.350 bits per heavy atom. The maximum Gasteiger partial charge on any atom is 0.306 e. The largest absolute Gasteiger partial charge is 0.462 e. The number of ether oxygens (including phenoxy) is 3. The molecule has 0 aromatic carbocycles. The lowest BCUT2D eigenvalue weighted by molar-refractivity contribution is -0.167. The standard InChI is InChI=1S/C54H94O6/c1-4-7-10-13-16-18-20-22-24-25-26-27-28-29-31-32-34-36-38-41-44-47-53(56)59-50-51(49-58-52(55)46-43-40-15-12-9-6-3)60-54(57)48-45-42-39-37-35-33-30-23-21-19-17-14-11-8-5-2/h7,10,16,18,22-24,26-27,30,51H,4-6,8-9,11-15,17,19-21,25,28-29,31-50H2,1-3H3/b10-7-,18-16-,24-22-,27-26-,30-23-. The number of carbonyl (C=O) groups excluding carboxylic acids is 3. The minimum Gasteiger partial charge on any atom is -0.462 e. The molecule has 0 fully saturated rings. The molecule has 0 rings (SSSR count). The zero-order valence-electron chi connectivity index (χ0n) is 39.5. The van der Waals surface area contributed by atoms with E-state index in [1.54, 1.807) is 0 Å². The fourth-order valence-corrected chi connectivity index (χ4v) is 6.96. The summed E-state index contributed by atoms with van der Waals surface area (Å²) < 4.78 is 16.7. The Bertz CT molecular complexity index is 1100. The van der Waals surface area contributed by atoms with E-state index in [1.807, 2.05) is 0 Å². The number of rotatable bonds is 45. The van der Waals surface area contributed by atoms with Gasteiger partial charge >= 0.3 is 17.9 Å². The van der Waals surface area contributed by atoms with Crippen molar-refractivity contribution in [2.45, 2.75) is 252 Å². The highest BCUT2D eigenvalue weighted by atomic mass is 16.6. The van der Waals surface area contributed by atoms with E-state index in [-0.39, 0.29) is 31.1 Å². The van der Waals surface area contributed by atoms with E-state index in [9.17, 15) is 14.4 Å². The second kappa shape index (κ2) is 48.8. The van der Waals surface area contributed by atoms with E-state index in [4.69, 9.17) is 14.2 Å². The molecule has 0 aliphatic carbocycles. The van der Waals surface area contributed by atoms with Crippen LogP contribution in [0.3, 0.4) is 0 Å². The van der Waals surface area contributed by atoms with Crippen LogP contribution in [0.2, 0.25) is 0 Å². The summed E-state index contributed by atoms with van der Waals surface area (Å²) in [5, 5.41) is 0. The molecule has 6 nitrogen and oxygen atoms in total.